The summed E-state index contributed by atoms with van der Waals surface area (Å²) in [6.07, 6.45) is -0.374. The highest BCUT2D eigenvalue weighted by atomic mass is 35.5. The molecule has 2 atom stereocenters. The lowest BCUT2D eigenvalue weighted by molar-refractivity contribution is -0.0482. The summed E-state index contributed by atoms with van der Waals surface area (Å²) in [4.78, 5) is 0. The van der Waals surface area contributed by atoms with Crippen molar-refractivity contribution in [3.63, 3.8) is 0 Å². The molecule has 1 N–H and O–H groups in total. The Morgan fingerprint density at radius 2 is 1.95 bits per heavy atom. The molecule has 0 saturated carbocycles. The Bertz CT molecular complexity index is 628. The van der Waals surface area contributed by atoms with Crippen molar-refractivity contribution in [2.75, 3.05) is 6.61 Å². The van der Waals surface area contributed by atoms with E-state index in [0.29, 0.717) is 22.2 Å². The van der Waals surface area contributed by atoms with E-state index in [2.05, 4.69) is 6.07 Å². The van der Waals surface area contributed by atoms with Crippen LogP contribution < -0.4 is 0 Å². The zero-order valence-electron chi connectivity index (χ0n) is 10.7. The summed E-state index contributed by atoms with van der Waals surface area (Å²) in [5, 5.41) is 11.7. The number of hydrogen-bond donors (Lipinski definition) is 1. The van der Waals surface area contributed by atoms with Crippen LogP contribution in [0.5, 0.6) is 0 Å². The van der Waals surface area contributed by atoms with Crippen LogP contribution in [0.1, 0.15) is 28.9 Å². The summed E-state index contributed by atoms with van der Waals surface area (Å²) in [5.41, 5.74) is 2.82. The van der Waals surface area contributed by atoms with Gasteiger partial charge in [0, 0.05) is 15.6 Å². The van der Waals surface area contributed by atoms with Crippen LogP contribution in [0.2, 0.25) is 10.0 Å². The van der Waals surface area contributed by atoms with Gasteiger partial charge in [-0.1, -0.05) is 47.5 Å². The van der Waals surface area contributed by atoms with E-state index in [1.807, 2.05) is 18.2 Å². The van der Waals surface area contributed by atoms with E-state index >= 15 is 0 Å². The topological polar surface area (TPSA) is 29.5 Å². The molecule has 2 aromatic carbocycles. The van der Waals surface area contributed by atoms with Crippen LogP contribution in [0.4, 0.5) is 0 Å². The molecule has 2 nitrogen and oxygen atoms in total. The molecule has 0 radical (unpaired) electrons. The average Bonchev–Trinajstić information content (AvgIpc) is 2.48. The molecule has 1 heterocycles. The summed E-state index contributed by atoms with van der Waals surface area (Å²) in [7, 11) is 0. The third-order valence-corrected chi connectivity index (χ3v) is 4.17. The molecule has 2 aromatic rings. The van der Waals surface area contributed by atoms with Gasteiger partial charge in [0.25, 0.3) is 0 Å². The Morgan fingerprint density at radius 1 is 1.15 bits per heavy atom. The normalized spacial score (nSPS) is 19.4. The second kappa shape index (κ2) is 5.74. The Balaban J connectivity index is 1.99. The van der Waals surface area contributed by atoms with Gasteiger partial charge < -0.3 is 9.84 Å². The summed E-state index contributed by atoms with van der Waals surface area (Å²) in [6, 6.07) is 13.1. The fourth-order valence-corrected chi connectivity index (χ4v) is 3.00. The van der Waals surface area contributed by atoms with Gasteiger partial charge in [-0.2, -0.15) is 0 Å². The van der Waals surface area contributed by atoms with Crippen molar-refractivity contribution in [3.8, 4) is 0 Å². The number of hydrogen-bond acceptors (Lipinski definition) is 2. The third kappa shape index (κ3) is 2.57. The molecule has 3 rings (SSSR count). The molecule has 0 saturated heterocycles. The number of fused-ring (bicyclic) bond motifs is 1. The van der Waals surface area contributed by atoms with Gasteiger partial charge >= 0.3 is 0 Å². The lowest BCUT2D eigenvalue weighted by atomic mass is 9.91. The smallest absolute Gasteiger partial charge is 0.113 e. The maximum Gasteiger partial charge on any atom is 0.113 e. The molecule has 104 valence electrons. The van der Waals surface area contributed by atoms with Crippen LogP contribution in [0.3, 0.4) is 0 Å². The molecule has 0 bridgehead atoms. The Hall–Kier alpha value is -1.06. The number of halogens is 2. The van der Waals surface area contributed by atoms with Crippen LogP contribution in [-0.2, 0) is 11.2 Å². The highest BCUT2D eigenvalue weighted by Crippen LogP contribution is 2.39. The van der Waals surface area contributed by atoms with Crippen molar-refractivity contribution in [3.05, 3.63) is 69.2 Å². The highest BCUT2D eigenvalue weighted by molar-refractivity contribution is 6.33. The molecule has 0 aromatic heterocycles. The summed E-state index contributed by atoms with van der Waals surface area (Å²) in [6.45, 7) is 0.594. The lowest BCUT2D eigenvalue weighted by Crippen LogP contribution is -2.22. The van der Waals surface area contributed by atoms with E-state index in [9.17, 15) is 5.11 Å². The minimum Gasteiger partial charge on any atom is -0.385 e. The van der Waals surface area contributed by atoms with Gasteiger partial charge in [-0.25, -0.2) is 0 Å². The second-order valence-corrected chi connectivity index (χ2v) is 5.69. The molecule has 0 fully saturated rings. The first-order valence-electron chi connectivity index (χ1n) is 6.49. The maximum atomic E-state index is 10.6. The minimum atomic E-state index is -0.831. The van der Waals surface area contributed by atoms with Gasteiger partial charge in [-0.05, 0) is 35.7 Å². The molecule has 4 heteroatoms. The molecule has 0 spiro atoms. The van der Waals surface area contributed by atoms with Crippen LogP contribution in [0.15, 0.2) is 42.5 Å². The molecule has 0 aliphatic carbocycles. The van der Waals surface area contributed by atoms with Crippen molar-refractivity contribution in [2.24, 2.45) is 0 Å². The fraction of sp³-hybridized carbons (Fsp3) is 0.250. The van der Waals surface area contributed by atoms with Crippen molar-refractivity contribution >= 4 is 23.2 Å². The monoisotopic (exact) mass is 308 g/mol. The number of benzene rings is 2. The van der Waals surface area contributed by atoms with Crippen molar-refractivity contribution in [1.82, 2.24) is 0 Å². The predicted molar refractivity (Wildman–Crippen MR) is 80.3 cm³/mol. The van der Waals surface area contributed by atoms with Gasteiger partial charge in [0.2, 0.25) is 0 Å². The molecule has 2 unspecified atom stereocenters. The Labute approximate surface area is 127 Å². The quantitative estimate of drug-likeness (QED) is 0.894. The van der Waals surface area contributed by atoms with Crippen LogP contribution in [0, 0.1) is 0 Å². The highest BCUT2D eigenvalue weighted by Gasteiger charge is 2.29. The summed E-state index contributed by atoms with van der Waals surface area (Å²) in [5.74, 6) is 0. The van der Waals surface area contributed by atoms with E-state index in [1.54, 1.807) is 18.2 Å². The van der Waals surface area contributed by atoms with Gasteiger partial charge in [-0.3, -0.25) is 0 Å². The number of ether oxygens (including phenoxy) is 1. The van der Waals surface area contributed by atoms with E-state index in [4.69, 9.17) is 27.9 Å². The minimum absolute atomic E-state index is 0.407. The zero-order valence-corrected chi connectivity index (χ0v) is 12.2. The number of rotatable bonds is 2. The van der Waals surface area contributed by atoms with Crippen molar-refractivity contribution in [1.29, 1.82) is 0 Å². The van der Waals surface area contributed by atoms with Crippen LogP contribution >= 0.6 is 23.2 Å². The van der Waals surface area contributed by atoms with Gasteiger partial charge in [-0.15, -0.1) is 0 Å². The van der Waals surface area contributed by atoms with E-state index in [-0.39, 0.29) is 0 Å². The average molecular weight is 309 g/mol. The van der Waals surface area contributed by atoms with E-state index in [1.165, 1.54) is 5.56 Å². The van der Waals surface area contributed by atoms with E-state index in [0.717, 1.165) is 12.0 Å². The maximum absolute atomic E-state index is 10.6. The Kier molecular flexibility index (Phi) is 3.99. The van der Waals surface area contributed by atoms with Crippen LogP contribution in [-0.4, -0.2) is 11.7 Å². The summed E-state index contributed by atoms with van der Waals surface area (Å²) >= 11 is 12.2. The van der Waals surface area contributed by atoms with E-state index < -0.39 is 12.2 Å². The zero-order chi connectivity index (χ0) is 14.1. The van der Waals surface area contributed by atoms with Crippen LogP contribution in [0.25, 0.3) is 0 Å². The third-order valence-electron chi connectivity index (χ3n) is 3.59. The fourth-order valence-electron chi connectivity index (χ4n) is 2.59. The molecular formula is C16H14Cl2O2. The second-order valence-electron chi connectivity index (χ2n) is 4.85. The van der Waals surface area contributed by atoms with Gasteiger partial charge in [0.05, 0.1) is 6.61 Å². The molecule has 20 heavy (non-hydrogen) atoms. The lowest BCUT2D eigenvalue weighted by Gasteiger charge is -2.30. The van der Waals surface area contributed by atoms with Gasteiger partial charge in [0.1, 0.15) is 12.2 Å². The van der Waals surface area contributed by atoms with Crippen molar-refractivity contribution < 1.29 is 9.84 Å². The standard InChI is InChI=1S/C16H14Cl2O2/c17-11-5-6-14(18)13(9-11)15(19)16-12-4-2-1-3-10(12)7-8-20-16/h1-6,9,15-16,19H,7-8H2. The predicted octanol–water partition coefficient (Wildman–Crippen LogP) is 4.34. The molecule has 0 amide bonds. The Morgan fingerprint density at radius 3 is 2.80 bits per heavy atom. The summed E-state index contributed by atoms with van der Waals surface area (Å²) < 4.78 is 5.76. The van der Waals surface area contributed by atoms with Crippen molar-refractivity contribution in [2.45, 2.75) is 18.6 Å². The first kappa shape index (κ1) is 13.9. The first-order chi connectivity index (χ1) is 9.66. The molecular weight excluding hydrogens is 295 g/mol. The van der Waals surface area contributed by atoms with Gasteiger partial charge in [0.15, 0.2) is 0 Å². The molecule has 1 aliphatic heterocycles. The number of aliphatic hydroxyl groups is 1. The molecule has 1 aliphatic rings. The number of aliphatic hydroxyl groups excluding tert-OH is 1. The first-order valence-corrected chi connectivity index (χ1v) is 7.25. The largest absolute Gasteiger partial charge is 0.385 e. The SMILES string of the molecule is OC(c1cc(Cl)ccc1Cl)C1OCCc2ccccc21.